The van der Waals surface area contributed by atoms with Crippen molar-refractivity contribution in [2.75, 3.05) is 6.54 Å². The van der Waals surface area contributed by atoms with E-state index in [1.165, 1.54) is 0 Å². The SMILES string of the molecule is CC(C)(C)NC(=O)NCCc1ccc2nc(-c3ccccc3)[nH]c2c1. The third kappa shape index (κ3) is 4.59. The molecule has 0 spiro atoms. The number of aromatic amines is 1. The summed E-state index contributed by atoms with van der Waals surface area (Å²) in [5.41, 5.74) is 3.95. The molecule has 1 aromatic heterocycles. The van der Waals surface area contributed by atoms with E-state index in [4.69, 9.17) is 0 Å². The Morgan fingerprint density at radius 2 is 1.88 bits per heavy atom. The van der Waals surface area contributed by atoms with E-state index in [1.807, 2.05) is 57.2 Å². The van der Waals surface area contributed by atoms with Crippen molar-refractivity contribution >= 4 is 17.1 Å². The van der Waals surface area contributed by atoms with E-state index < -0.39 is 0 Å². The number of carbonyl (C=O) groups is 1. The summed E-state index contributed by atoms with van der Waals surface area (Å²) in [5, 5.41) is 5.78. The summed E-state index contributed by atoms with van der Waals surface area (Å²) in [7, 11) is 0. The minimum Gasteiger partial charge on any atom is -0.338 e. The van der Waals surface area contributed by atoms with E-state index in [2.05, 4.69) is 32.7 Å². The lowest BCUT2D eigenvalue weighted by Crippen LogP contribution is -2.46. The number of nitrogens with zero attached hydrogens (tertiary/aromatic N) is 1. The van der Waals surface area contributed by atoms with Gasteiger partial charge in [-0.3, -0.25) is 0 Å². The van der Waals surface area contributed by atoms with Gasteiger partial charge in [0, 0.05) is 17.6 Å². The zero-order valence-electron chi connectivity index (χ0n) is 14.9. The van der Waals surface area contributed by atoms with Crippen LogP contribution in [-0.4, -0.2) is 28.1 Å². The van der Waals surface area contributed by atoms with E-state index in [9.17, 15) is 4.79 Å². The van der Waals surface area contributed by atoms with Gasteiger partial charge in [-0.1, -0.05) is 36.4 Å². The van der Waals surface area contributed by atoms with Gasteiger partial charge in [-0.05, 0) is 44.9 Å². The Bertz CT molecular complexity index is 862. The zero-order chi connectivity index (χ0) is 17.9. The molecule has 3 rings (SSSR count). The Morgan fingerprint density at radius 1 is 1.12 bits per heavy atom. The lowest BCUT2D eigenvalue weighted by atomic mass is 10.1. The van der Waals surface area contributed by atoms with E-state index in [-0.39, 0.29) is 11.6 Å². The first-order valence-corrected chi connectivity index (χ1v) is 8.51. The second-order valence-corrected chi connectivity index (χ2v) is 7.18. The van der Waals surface area contributed by atoms with Crippen molar-refractivity contribution in [3.8, 4) is 11.4 Å². The smallest absolute Gasteiger partial charge is 0.315 e. The molecule has 3 aromatic rings. The molecule has 0 radical (unpaired) electrons. The van der Waals surface area contributed by atoms with Gasteiger partial charge in [-0.2, -0.15) is 0 Å². The van der Waals surface area contributed by atoms with E-state index in [0.29, 0.717) is 6.54 Å². The second-order valence-electron chi connectivity index (χ2n) is 7.18. The van der Waals surface area contributed by atoms with Crippen LogP contribution in [0.15, 0.2) is 48.5 Å². The first kappa shape index (κ1) is 17.0. The molecule has 0 bridgehead atoms. The highest BCUT2D eigenvalue weighted by molar-refractivity contribution is 5.80. The van der Waals surface area contributed by atoms with Crippen LogP contribution >= 0.6 is 0 Å². The van der Waals surface area contributed by atoms with Crippen LogP contribution in [0.3, 0.4) is 0 Å². The van der Waals surface area contributed by atoms with Gasteiger partial charge in [-0.25, -0.2) is 9.78 Å². The summed E-state index contributed by atoms with van der Waals surface area (Å²) in [5.74, 6) is 0.871. The molecule has 0 saturated carbocycles. The minimum atomic E-state index is -0.229. The minimum absolute atomic E-state index is 0.138. The average molecular weight is 336 g/mol. The van der Waals surface area contributed by atoms with Crippen molar-refractivity contribution in [1.29, 1.82) is 0 Å². The largest absolute Gasteiger partial charge is 0.338 e. The molecule has 0 aliphatic carbocycles. The highest BCUT2D eigenvalue weighted by atomic mass is 16.2. The number of H-pyrrole nitrogens is 1. The van der Waals surface area contributed by atoms with Gasteiger partial charge in [0.2, 0.25) is 0 Å². The Morgan fingerprint density at radius 3 is 2.60 bits per heavy atom. The van der Waals surface area contributed by atoms with Crippen molar-refractivity contribution in [2.24, 2.45) is 0 Å². The van der Waals surface area contributed by atoms with Gasteiger partial charge in [-0.15, -0.1) is 0 Å². The molecule has 25 heavy (non-hydrogen) atoms. The number of carbonyl (C=O) groups excluding carboxylic acids is 1. The molecule has 5 nitrogen and oxygen atoms in total. The van der Waals surface area contributed by atoms with Crippen molar-refractivity contribution < 1.29 is 4.79 Å². The molecule has 2 aromatic carbocycles. The molecule has 0 saturated heterocycles. The van der Waals surface area contributed by atoms with Crippen molar-refractivity contribution in [1.82, 2.24) is 20.6 Å². The van der Waals surface area contributed by atoms with Crippen LogP contribution in [-0.2, 0) is 6.42 Å². The predicted octanol–water partition coefficient (Wildman–Crippen LogP) is 3.87. The Kier molecular flexibility index (Phi) is 4.74. The molecule has 3 N–H and O–H groups in total. The molecule has 0 fully saturated rings. The fraction of sp³-hybridized carbons (Fsp3) is 0.300. The van der Waals surface area contributed by atoms with E-state index >= 15 is 0 Å². The number of aromatic nitrogens is 2. The summed E-state index contributed by atoms with van der Waals surface area (Å²) in [6.45, 7) is 6.47. The normalized spacial score (nSPS) is 11.5. The molecular weight excluding hydrogens is 312 g/mol. The number of nitrogens with one attached hydrogen (secondary N) is 3. The van der Waals surface area contributed by atoms with Crippen molar-refractivity contribution in [3.05, 3.63) is 54.1 Å². The first-order valence-electron chi connectivity index (χ1n) is 8.51. The van der Waals surface area contributed by atoms with Gasteiger partial charge in [0.05, 0.1) is 11.0 Å². The molecule has 5 heteroatoms. The zero-order valence-corrected chi connectivity index (χ0v) is 14.9. The van der Waals surface area contributed by atoms with Crippen LogP contribution in [0.5, 0.6) is 0 Å². The number of hydrogen-bond acceptors (Lipinski definition) is 2. The summed E-state index contributed by atoms with van der Waals surface area (Å²) in [6, 6.07) is 16.1. The summed E-state index contributed by atoms with van der Waals surface area (Å²) < 4.78 is 0. The summed E-state index contributed by atoms with van der Waals surface area (Å²) in [4.78, 5) is 19.8. The quantitative estimate of drug-likeness (QED) is 0.677. The maximum absolute atomic E-state index is 11.8. The highest BCUT2D eigenvalue weighted by Gasteiger charge is 2.12. The fourth-order valence-electron chi connectivity index (χ4n) is 2.65. The number of benzene rings is 2. The molecule has 0 atom stereocenters. The first-order chi connectivity index (χ1) is 11.9. The van der Waals surface area contributed by atoms with Crippen LogP contribution < -0.4 is 10.6 Å². The molecule has 0 aliphatic rings. The van der Waals surface area contributed by atoms with Gasteiger partial charge < -0.3 is 15.6 Å². The monoisotopic (exact) mass is 336 g/mol. The Balaban J connectivity index is 1.65. The molecule has 130 valence electrons. The van der Waals surface area contributed by atoms with Crippen LogP contribution in [0.2, 0.25) is 0 Å². The van der Waals surface area contributed by atoms with Crippen LogP contribution in [0, 0.1) is 0 Å². The Labute approximate surface area is 147 Å². The number of urea groups is 1. The van der Waals surface area contributed by atoms with Gasteiger partial charge in [0.1, 0.15) is 5.82 Å². The standard InChI is InChI=1S/C20H24N4O/c1-20(2,3)24-19(25)21-12-11-14-9-10-16-17(13-14)23-18(22-16)15-7-5-4-6-8-15/h4-10,13H,11-12H2,1-3H3,(H,22,23)(H2,21,24,25). The predicted molar refractivity (Wildman–Crippen MR) is 102 cm³/mol. The van der Waals surface area contributed by atoms with Gasteiger partial charge in [0.15, 0.2) is 0 Å². The fourth-order valence-corrected chi connectivity index (χ4v) is 2.65. The maximum atomic E-state index is 11.8. The number of rotatable bonds is 4. The maximum Gasteiger partial charge on any atom is 0.315 e. The summed E-state index contributed by atoms with van der Waals surface area (Å²) in [6.07, 6.45) is 0.771. The molecular formula is C20H24N4O. The van der Waals surface area contributed by atoms with Crippen molar-refractivity contribution in [3.63, 3.8) is 0 Å². The van der Waals surface area contributed by atoms with Crippen LogP contribution in [0.25, 0.3) is 22.4 Å². The third-order valence-corrected chi connectivity index (χ3v) is 3.78. The molecule has 1 heterocycles. The number of hydrogen-bond donors (Lipinski definition) is 3. The number of imidazole rings is 1. The van der Waals surface area contributed by atoms with E-state index in [1.54, 1.807) is 0 Å². The average Bonchev–Trinajstić information content (AvgIpc) is 2.97. The number of fused-ring (bicyclic) bond motifs is 1. The van der Waals surface area contributed by atoms with Gasteiger partial charge in [0.25, 0.3) is 0 Å². The lowest BCUT2D eigenvalue weighted by molar-refractivity contribution is 0.232. The Hall–Kier alpha value is -2.82. The lowest BCUT2D eigenvalue weighted by Gasteiger charge is -2.20. The summed E-state index contributed by atoms with van der Waals surface area (Å²) >= 11 is 0. The van der Waals surface area contributed by atoms with Gasteiger partial charge >= 0.3 is 6.03 Å². The number of amides is 2. The van der Waals surface area contributed by atoms with Crippen LogP contribution in [0.4, 0.5) is 4.79 Å². The molecule has 0 unspecified atom stereocenters. The topological polar surface area (TPSA) is 69.8 Å². The highest BCUT2D eigenvalue weighted by Crippen LogP contribution is 2.21. The van der Waals surface area contributed by atoms with E-state index in [0.717, 1.165) is 34.4 Å². The third-order valence-electron chi connectivity index (χ3n) is 3.78. The second kappa shape index (κ2) is 6.97. The van der Waals surface area contributed by atoms with Crippen molar-refractivity contribution in [2.45, 2.75) is 32.7 Å². The van der Waals surface area contributed by atoms with Crippen LogP contribution in [0.1, 0.15) is 26.3 Å². The molecule has 0 aliphatic heterocycles. The molecule has 2 amide bonds.